The van der Waals surface area contributed by atoms with E-state index in [0.29, 0.717) is 6.54 Å². The van der Waals surface area contributed by atoms with E-state index in [1.165, 1.54) is 5.56 Å². The summed E-state index contributed by atoms with van der Waals surface area (Å²) in [5, 5.41) is 3.45. The first-order valence-corrected chi connectivity index (χ1v) is 8.18. The highest BCUT2D eigenvalue weighted by atomic mass is 16.6. The van der Waals surface area contributed by atoms with Crippen molar-refractivity contribution in [3.8, 4) is 0 Å². The minimum absolute atomic E-state index is 0.103. The summed E-state index contributed by atoms with van der Waals surface area (Å²) < 4.78 is 5.63. The molecular formula is C18H26N2O2. The van der Waals surface area contributed by atoms with Crippen LogP contribution in [0.25, 0.3) is 0 Å². The molecule has 1 N–H and O–H groups in total. The Bertz CT molecular complexity index is 532. The third-order valence-corrected chi connectivity index (χ3v) is 4.65. The monoisotopic (exact) mass is 302 g/mol. The molecule has 0 spiro atoms. The second-order valence-electron chi connectivity index (χ2n) is 7.42. The summed E-state index contributed by atoms with van der Waals surface area (Å²) in [7, 11) is 0. The van der Waals surface area contributed by atoms with Gasteiger partial charge in [0.05, 0.1) is 6.04 Å². The van der Waals surface area contributed by atoms with Gasteiger partial charge < -0.3 is 15.0 Å². The standard InChI is InChI=1S/C18H26N2O2/c1-17(2,3)22-16(21)20-12-11-19-13-15(20)18(9-10-18)14-7-5-4-6-8-14/h4-8,15,19H,9-13H2,1-3H3. The lowest BCUT2D eigenvalue weighted by molar-refractivity contribution is 0.00724. The zero-order chi connectivity index (χ0) is 15.8. The van der Waals surface area contributed by atoms with E-state index in [9.17, 15) is 4.79 Å². The Kier molecular flexibility index (Phi) is 3.89. The number of nitrogens with one attached hydrogen (secondary N) is 1. The van der Waals surface area contributed by atoms with Crippen molar-refractivity contribution in [2.45, 2.75) is 50.7 Å². The first-order chi connectivity index (χ1) is 10.4. The highest BCUT2D eigenvalue weighted by Gasteiger charge is 2.54. The average Bonchev–Trinajstić information content (AvgIpc) is 3.28. The van der Waals surface area contributed by atoms with Gasteiger partial charge in [0.2, 0.25) is 0 Å². The van der Waals surface area contributed by atoms with E-state index in [4.69, 9.17) is 4.74 Å². The maximum absolute atomic E-state index is 12.6. The predicted octanol–water partition coefficient (Wildman–Crippen LogP) is 2.93. The number of nitrogens with zero attached hydrogens (tertiary/aromatic N) is 1. The van der Waals surface area contributed by atoms with Crippen molar-refractivity contribution in [3.05, 3.63) is 35.9 Å². The molecule has 0 aromatic heterocycles. The highest BCUT2D eigenvalue weighted by Crippen LogP contribution is 2.52. The summed E-state index contributed by atoms with van der Waals surface area (Å²) >= 11 is 0. The minimum Gasteiger partial charge on any atom is -0.444 e. The third kappa shape index (κ3) is 2.98. The van der Waals surface area contributed by atoms with Gasteiger partial charge in [-0.05, 0) is 39.2 Å². The van der Waals surface area contributed by atoms with E-state index in [1.807, 2.05) is 31.7 Å². The molecule has 1 heterocycles. The molecule has 4 heteroatoms. The lowest BCUT2D eigenvalue weighted by atomic mass is 9.86. The van der Waals surface area contributed by atoms with Crippen LogP contribution < -0.4 is 5.32 Å². The van der Waals surface area contributed by atoms with E-state index >= 15 is 0 Å². The van der Waals surface area contributed by atoms with Crippen LogP contribution in [-0.4, -0.2) is 42.3 Å². The summed E-state index contributed by atoms with van der Waals surface area (Å²) in [6.45, 7) is 8.16. The number of hydrogen-bond donors (Lipinski definition) is 1. The molecule has 0 bridgehead atoms. The van der Waals surface area contributed by atoms with Gasteiger partial charge in [-0.3, -0.25) is 0 Å². The molecule has 0 radical (unpaired) electrons. The Labute approximate surface area is 132 Å². The van der Waals surface area contributed by atoms with Crippen molar-refractivity contribution in [3.63, 3.8) is 0 Å². The van der Waals surface area contributed by atoms with Gasteiger partial charge >= 0.3 is 6.09 Å². The number of carbonyl (C=O) groups excluding carboxylic acids is 1. The fourth-order valence-electron chi connectivity index (χ4n) is 3.46. The van der Waals surface area contributed by atoms with Crippen LogP contribution in [0.15, 0.2) is 30.3 Å². The molecule has 4 nitrogen and oxygen atoms in total. The van der Waals surface area contributed by atoms with Crippen molar-refractivity contribution in [2.75, 3.05) is 19.6 Å². The Morgan fingerprint density at radius 1 is 1.27 bits per heavy atom. The molecule has 1 unspecified atom stereocenters. The molecule has 2 fully saturated rings. The fraction of sp³-hybridized carbons (Fsp3) is 0.611. The summed E-state index contributed by atoms with van der Waals surface area (Å²) in [4.78, 5) is 14.6. The molecule has 1 atom stereocenters. The summed E-state index contributed by atoms with van der Waals surface area (Å²) in [6.07, 6.45) is 2.10. The number of piperazine rings is 1. The van der Waals surface area contributed by atoms with Gasteiger partial charge in [0.1, 0.15) is 5.60 Å². The van der Waals surface area contributed by atoms with Crippen LogP contribution in [0.5, 0.6) is 0 Å². The van der Waals surface area contributed by atoms with E-state index in [2.05, 4.69) is 29.6 Å². The zero-order valence-electron chi connectivity index (χ0n) is 13.8. The van der Waals surface area contributed by atoms with Gasteiger partial charge in [0, 0.05) is 25.0 Å². The molecular weight excluding hydrogens is 276 g/mol. The van der Waals surface area contributed by atoms with Crippen LogP contribution >= 0.6 is 0 Å². The van der Waals surface area contributed by atoms with Gasteiger partial charge in [-0.25, -0.2) is 4.79 Å². The number of rotatable bonds is 2. The van der Waals surface area contributed by atoms with Crippen LogP contribution in [0.1, 0.15) is 39.2 Å². The van der Waals surface area contributed by atoms with Crippen LogP contribution in [0, 0.1) is 0 Å². The van der Waals surface area contributed by atoms with Crippen LogP contribution in [-0.2, 0) is 10.2 Å². The molecule has 1 saturated carbocycles. The van der Waals surface area contributed by atoms with Crippen molar-refractivity contribution >= 4 is 6.09 Å². The lowest BCUT2D eigenvalue weighted by Crippen LogP contribution is -2.59. The normalized spacial score (nSPS) is 24.0. The number of benzene rings is 1. The van der Waals surface area contributed by atoms with Crippen molar-refractivity contribution in [1.29, 1.82) is 0 Å². The van der Waals surface area contributed by atoms with E-state index < -0.39 is 5.60 Å². The first kappa shape index (κ1) is 15.3. The van der Waals surface area contributed by atoms with Gasteiger partial charge in [-0.1, -0.05) is 30.3 Å². The Balaban J connectivity index is 1.83. The molecule has 1 saturated heterocycles. The maximum Gasteiger partial charge on any atom is 0.410 e. The number of hydrogen-bond acceptors (Lipinski definition) is 3. The minimum atomic E-state index is -0.448. The van der Waals surface area contributed by atoms with Crippen molar-refractivity contribution in [1.82, 2.24) is 10.2 Å². The predicted molar refractivity (Wildman–Crippen MR) is 87.0 cm³/mol. The SMILES string of the molecule is CC(C)(C)OC(=O)N1CCNCC1C1(c2ccccc2)CC1. The van der Waals surface area contributed by atoms with Crippen LogP contribution in [0.3, 0.4) is 0 Å². The molecule has 120 valence electrons. The number of amides is 1. The van der Waals surface area contributed by atoms with Gasteiger partial charge in [0.15, 0.2) is 0 Å². The second-order valence-corrected chi connectivity index (χ2v) is 7.42. The Morgan fingerprint density at radius 3 is 2.55 bits per heavy atom. The Morgan fingerprint density at radius 2 is 1.95 bits per heavy atom. The maximum atomic E-state index is 12.6. The molecule has 1 aromatic rings. The molecule has 2 aliphatic rings. The van der Waals surface area contributed by atoms with E-state index in [0.717, 1.165) is 25.9 Å². The summed E-state index contributed by atoms with van der Waals surface area (Å²) in [5.74, 6) is 0. The quantitative estimate of drug-likeness (QED) is 0.913. The topological polar surface area (TPSA) is 41.6 Å². The third-order valence-electron chi connectivity index (χ3n) is 4.65. The molecule has 1 aliphatic carbocycles. The van der Waals surface area contributed by atoms with E-state index in [1.54, 1.807) is 0 Å². The zero-order valence-corrected chi connectivity index (χ0v) is 13.8. The van der Waals surface area contributed by atoms with Gasteiger partial charge in [0.25, 0.3) is 0 Å². The largest absolute Gasteiger partial charge is 0.444 e. The molecule has 1 aliphatic heterocycles. The average molecular weight is 302 g/mol. The summed E-state index contributed by atoms with van der Waals surface area (Å²) in [6, 6.07) is 10.8. The summed E-state index contributed by atoms with van der Waals surface area (Å²) in [5.41, 5.74) is 0.999. The van der Waals surface area contributed by atoms with Gasteiger partial charge in [-0.2, -0.15) is 0 Å². The Hall–Kier alpha value is -1.55. The van der Waals surface area contributed by atoms with Crippen molar-refractivity contribution < 1.29 is 9.53 Å². The second kappa shape index (κ2) is 5.58. The smallest absolute Gasteiger partial charge is 0.410 e. The highest BCUT2D eigenvalue weighted by molar-refractivity contribution is 5.69. The number of carbonyl (C=O) groups is 1. The van der Waals surface area contributed by atoms with Gasteiger partial charge in [-0.15, -0.1) is 0 Å². The lowest BCUT2D eigenvalue weighted by Gasteiger charge is -2.41. The molecule has 3 rings (SSSR count). The first-order valence-electron chi connectivity index (χ1n) is 8.18. The fourth-order valence-corrected chi connectivity index (χ4v) is 3.46. The molecule has 22 heavy (non-hydrogen) atoms. The molecule has 1 amide bonds. The van der Waals surface area contributed by atoms with Crippen LogP contribution in [0.2, 0.25) is 0 Å². The molecule has 1 aromatic carbocycles. The van der Waals surface area contributed by atoms with Crippen molar-refractivity contribution in [2.24, 2.45) is 0 Å². The number of ether oxygens (including phenoxy) is 1. The van der Waals surface area contributed by atoms with Crippen LogP contribution in [0.4, 0.5) is 4.79 Å². The van der Waals surface area contributed by atoms with E-state index in [-0.39, 0.29) is 17.6 Å².